The molecule has 0 bridgehead atoms. The van der Waals surface area contributed by atoms with Gasteiger partial charge >= 0.3 is 0 Å². The average molecular weight is 210 g/mol. The highest BCUT2D eigenvalue weighted by Gasteiger charge is 2.13. The van der Waals surface area contributed by atoms with E-state index in [2.05, 4.69) is 6.07 Å². The van der Waals surface area contributed by atoms with Crippen LogP contribution in [0.1, 0.15) is 10.4 Å². The molecular formula is C13H8NO2. The molecular weight excluding hydrogens is 202 g/mol. The first kappa shape index (κ1) is 8.97. The van der Waals surface area contributed by atoms with Crippen molar-refractivity contribution in [2.45, 2.75) is 0 Å². The predicted octanol–water partition coefficient (Wildman–Crippen LogP) is 2.49. The van der Waals surface area contributed by atoms with Gasteiger partial charge in [0, 0.05) is 10.8 Å². The minimum atomic E-state index is -0.489. The lowest BCUT2D eigenvalue weighted by Gasteiger charge is -1.96. The molecule has 16 heavy (non-hydrogen) atoms. The van der Waals surface area contributed by atoms with Crippen LogP contribution in [-0.4, -0.2) is 5.91 Å². The Morgan fingerprint density at radius 2 is 2.00 bits per heavy atom. The number of carbonyl (C=O) groups is 1. The Morgan fingerprint density at radius 3 is 2.81 bits per heavy atom. The summed E-state index contributed by atoms with van der Waals surface area (Å²) in [5.74, 6) is -0.489. The van der Waals surface area contributed by atoms with E-state index in [0.29, 0.717) is 11.1 Å². The van der Waals surface area contributed by atoms with Crippen molar-refractivity contribution in [3.63, 3.8) is 0 Å². The van der Waals surface area contributed by atoms with Gasteiger partial charge in [0.05, 0.1) is 5.56 Å². The highest BCUT2D eigenvalue weighted by molar-refractivity contribution is 6.15. The molecule has 0 aliphatic rings. The number of primary amides is 1. The van der Waals surface area contributed by atoms with Crippen molar-refractivity contribution in [3.8, 4) is 0 Å². The molecule has 2 aromatic carbocycles. The summed E-state index contributed by atoms with van der Waals surface area (Å²) in [5.41, 5.74) is 7.11. The second kappa shape index (κ2) is 3.10. The first-order valence-corrected chi connectivity index (χ1v) is 4.89. The van der Waals surface area contributed by atoms with E-state index in [1.54, 1.807) is 12.1 Å². The van der Waals surface area contributed by atoms with E-state index < -0.39 is 5.91 Å². The number of nitrogens with two attached hydrogens (primary N) is 1. The first-order chi connectivity index (χ1) is 7.77. The van der Waals surface area contributed by atoms with Gasteiger partial charge in [-0.2, -0.15) is 0 Å². The first-order valence-electron chi connectivity index (χ1n) is 4.89. The Balaban J connectivity index is 2.57. The summed E-state index contributed by atoms with van der Waals surface area (Å²) in [7, 11) is 0. The molecule has 3 aromatic rings. The molecule has 3 heteroatoms. The van der Waals surface area contributed by atoms with E-state index >= 15 is 0 Å². The highest BCUT2D eigenvalue weighted by atomic mass is 16.3. The normalized spacial score (nSPS) is 11.0. The van der Waals surface area contributed by atoms with E-state index in [0.717, 1.165) is 16.4 Å². The van der Waals surface area contributed by atoms with E-state index in [-0.39, 0.29) is 0 Å². The molecule has 0 spiro atoms. The maximum atomic E-state index is 11.3. The van der Waals surface area contributed by atoms with Gasteiger partial charge in [0.1, 0.15) is 11.2 Å². The summed E-state index contributed by atoms with van der Waals surface area (Å²) in [6.45, 7) is 0. The number of fused-ring (bicyclic) bond motifs is 3. The fourth-order valence-electron chi connectivity index (χ4n) is 1.91. The Labute approximate surface area is 91.5 Å². The molecule has 77 valence electrons. The van der Waals surface area contributed by atoms with E-state index in [9.17, 15) is 4.79 Å². The van der Waals surface area contributed by atoms with Crippen molar-refractivity contribution in [1.29, 1.82) is 0 Å². The van der Waals surface area contributed by atoms with Crippen LogP contribution < -0.4 is 5.73 Å². The number of amides is 1. The van der Waals surface area contributed by atoms with Gasteiger partial charge in [0.25, 0.3) is 0 Å². The van der Waals surface area contributed by atoms with Crippen LogP contribution in [0.15, 0.2) is 40.8 Å². The lowest BCUT2D eigenvalue weighted by atomic mass is 10.1. The maximum Gasteiger partial charge on any atom is 0.250 e. The molecule has 3 rings (SSSR count). The van der Waals surface area contributed by atoms with Crippen molar-refractivity contribution in [2.75, 3.05) is 0 Å². The molecule has 0 unspecified atom stereocenters. The van der Waals surface area contributed by atoms with Gasteiger partial charge in [-0.1, -0.05) is 18.2 Å². The van der Waals surface area contributed by atoms with Crippen LogP contribution in [0.5, 0.6) is 0 Å². The molecule has 1 aromatic heterocycles. The minimum Gasteiger partial charge on any atom is -0.456 e. The van der Waals surface area contributed by atoms with Crippen molar-refractivity contribution in [1.82, 2.24) is 0 Å². The molecule has 3 nitrogen and oxygen atoms in total. The summed E-state index contributed by atoms with van der Waals surface area (Å²) in [6, 6.07) is 13.8. The quantitative estimate of drug-likeness (QED) is 0.670. The number of carbonyl (C=O) groups excluding carboxylic acids is 1. The number of furan rings is 1. The molecule has 1 amide bonds. The third kappa shape index (κ3) is 1.11. The summed E-state index contributed by atoms with van der Waals surface area (Å²) < 4.78 is 5.62. The van der Waals surface area contributed by atoms with E-state index in [4.69, 9.17) is 10.2 Å². The smallest absolute Gasteiger partial charge is 0.250 e. The number of hydrogen-bond donors (Lipinski definition) is 1. The fourth-order valence-corrected chi connectivity index (χ4v) is 1.91. The van der Waals surface area contributed by atoms with Gasteiger partial charge in [-0.3, -0.25) is 4.79 Å². The van der Waals surface area contributed by atoms with Crippen LogP contribution in [-0.2, 0) is 0 Å². The summed E-state index contributed by atoms with van der Waals surface area (Å²) in [4.78, 5) is 11.3. The maximum absolute atomic E-state index is 11.3. The summed E-state index contributed by atoms with van der Waals surface area (Å²) in [6.07, 6.45) is 0. The zero-order valence-electron chi connectivity index (χ0n) is 8.36. The zero-order valence-corrected chi connectivity index (χ0v) is 8.36. The monoisotopic (exact) mass is 210 g/mol. The molecule has 0 aliphatic heterocycles. The third-order valence-electron chi connectivity index (χ3n) is 2.58. The van der Waals surface area contributed by atoms with Gasteiger partial charge in [-0.25, -0.2) is 0 Å². The molecule has 0 saturated heterocycles. The average Bonchev–Trinajstić information content (AvgIpc) is 2.66. The molecule has 1 radical (unpaired) electrons. The Bertz CT molecular complexity index is 697. The summed E-state index contributed by atoms with van der Waals surface area (Å²) >= 11 is 0. The molecule has 0 fully saturated rings. The van der Waals surface area contributed by atoms with Gasteiger partial charge in [-0.15, -0.1) is 0 Å². The number of benzene rings is 2. The van der Waals surface area contributed by atoms with Gasteiger partial charge in [0.2, 0.25) is 5.91 Å². The highest BCUT2D eigenvalue weighted by Crippen LogP contribution is 2.30. The predicted molar refractivity (Wildman–Crippen MR) is 61.1 cm³/mol. The molecule has 0 atom stereocenters. The van der Waals surface area contributed by atoms with Crippen LogP contribution in [0.4, 0.5) is 0 Å². The second-order valence-electron chi connectivity index (χ2n) is 3.55. The Kier molecular flexibility index (Phi) is 1.74. The van der Waals surface area contributed by atoms with Crippen LogP contribution in [0.25, 0.3) is 21.9 Å². The molecule has 2 N–H and O–H groups in total. The van der Waals surface area contributed by atoms with Crippen LogP contribution in [0.2, 0.25) is 0 Å². The van der Waals surface area contributed by atoms with Crippen molar-refractivity contribution in [2.24, 2.45) is 5.73 Å². The molecule has 0 saturated carbocycles. The zero-order chi connectivity index (χ0) is 11.1. The SMILES string of the molecule is NC(=O)c1[c]ccc2oc3ccccc3c12. The second-order valence-corrected chi connectivity index (χ2v) is 3.55. The van der Waals surface area contributed by atoms with Gasteiger partial charge in [0.15, 0.2) is 0 Å². The molecule has 1 heterocycles. The van der Waals surface area contributed by atoms with Crippen LogP contribution >= 0.6 is 0 Å². The lowest BCUT2D eigenvalue weighted by molar-refractivity contribution is 0.100. The minimum absolute atomic E-state index is 0.377. The number of rotatable bonds is 1. The third-order valence-corrected chi connectivity index (χ3v) is 2.58. The van der Waals surface area contributed by atoms with Crippen LogP contribution in [0, 0.1) is 6.07 Å². The largest absolute Gasteiger partial charge is 0.456 e. The Morgan fingerprint density at radius 1 is 1.19 bits per heavy atom. The Hall–Kier alpha value is -2.29. The van der Waals surface area contributed by atoms with E-state index in [1.165, 1.54) is 0 Å². The van der Waals surface area contributed by atoms with Gasteiger partial charge < -0.3 is 10.2 Å². The summed E-state index contributed by atoms with van der Waals surface area (Å²) in [5, 5.41) is 1.63. The van der Waals surface area contributed by atoms with E-state index in [1.807, 2.05) is 24.3 Å². The number of para-hydroxylation sites is 1. The van der Waals surface area contributed by atoms with Crippen molar-refractivity contribution >= 4 is 27.8 Å². The lowest BCUT2D eigenvalue weighted by Crippen LogP contribution is -2.11. The van der Waals surface area contributed by atoms with Crippen molar-refractivity contribution < 1.29 is 9.21 Å². The number of hydrogen-bond acceptors (Lipinski definition) is 2. The van der Waals surface area contributed by atoms with Gasteiger partial charge in [-0.05, 0) is 24.3 Å². The fraction of sp³-hybridized carbons (Fsp3) is 0. The standard InChI is InChI=1S/C13H8NO2/c14-13(15)9-5-3-7-11-12(9)8-4-1-2-6-10(8)16-11/h1-4,6-7H,(H2,14,15). The topological polar surface area (TPSA) is 56.2 Å². The van der Waals surface area contributed by atoms with Crippen molar-refractivity contribution in [3.05, 3.63) is 48.0 Å². The van der Waals surface area contributed by atoms with Crippen LogP contribution in [0.3, 0.4) is 0 Å². The molecule has 0 aliphatic carbocycles.